The van der Waals surface area contributed by atoms with Crippen molar-refractivity contribution >= 4 is 5.91 Å². The first-order valence-electron chi connectivity index (χ1n) is 5.66. The van der Waals surface area contributed by atoms with Gasteiger partial charge in [-0.25, -0.2) is 0 Å². The summed E-state index contributed by atoms with van der Waals surface area (Å²) in [5.41, 5.74) is 0.846. The second-order valence-electron chi connectivity index (χ2n) is 4.26. The van der Waals surface area contributed by atoms with Crippen molar-refractivity contribution in [3.8, 4) is 0 Å². The maximum Gasteiger partial charge on any atom is 0.249 e. The first-order valence-corrected chi connectivity index (χ1v) is 5.66. The molecule has 0 aromatic carbocycles. The number of amides is 1. The van der Waals surface area contributed by atoms with Gasteiger partial charge in [0.25, 0.3) is 0 Å². The van der Waals surface area contributed by atoms with Gasteiger partial charge in [0.2, 0.25) is 5.91 Å². The van der Waals surface area contributed by atoms with Gasteiger partial charge in [-0.3, -0.25) is 4.79 Å². The first-order chi connectivity index (χ1) is 7.04. The predicted octanol–water partition coefficient (Wildman–Crippen LogP) is 1.98. The van der Waals surface area contributed by atoms with Crippen molar-refractivity contribution in [2.24, 2.45) is 0 Å². The van der Waals surface area contributed by atoms with E-state index in [1.54, 1.807) is 0 Å². The third-order valence-electron chi connectivity index (χ3n) is 2.55. The number of ether oxygens (including phenoxy) is 1. The molecule has 0 aliphatic carbocycles. The van der Waals surface area contributed by atoms with Gasteiger partial charge in [-0.1, -0.05) is 13.0 Å². The van der Waals surface area contributed by atoms with Crippen molar-refractivity contribution in [2.75, 3.05) is 13.1 Å². The smallest absolute Gasteiger partial charge is 0.249 e. The lowest BCUT2D eigenvalue weighted by molar-refractivity contribution is -0.139. The van der Waals surface area contributed by atoms with Crippen LogP contribution in [-0.4, -0.2) is 36.1 Å². The highest BCUT2D eigenvalue weighted by Crippen LogP contribution is 2.13. The van der Waals surface area contributed by atoms with Gasteiger partial charge in [0.15, 0.2) is 0 Å². The Hall–Kier alpha value is -0.830. The monoisotopic (exact) mass is 211 g/mol. The van der Waals surface area contributed by atoms with Crippen LogP contribution in [0.15, 0.2) is 11.6 Å². The van der Waals surface area contributed by atoms with Crippen molar-refractivity contribution in [3.05, 3.63) is 11.6 Å². The molecule has 0 spiro atoms. The van der Waals surface area contributed by atoms with E-state index in [-0.39, 0.29) is 18.1 Å². The van der Waals surface area contributed by atoms with E-state index in [9.17, 15) is 4.79 Å². The maximum absolute atomic E-state index is 12.0. The Morgan fingerprint density at radius 2 is 1.93 bits per heavy atom. The third kappa shape index (κ3) is 3.34. The molecule has 0 radical (unpaired) electrons. The Labute approximate surface area is 92.1 Å². The van der Waals surface area contributed by atoms with Crippen LogP contribution in [0.4, 0.5) is 0 Å². The van der Waals surface area contributed by atoms with Gasteiger partial charge in [0.1, 0.15) is 0 Å². The van der Waals surface area contributed by atoms with Gasteiger partial charge in [-0.2, -0.15) is 0 Å². The molecular formula is C12H21NO2. The van der Waals surface area contributed by atoms with Gasteiger partial charge in [-0.05, 0) is 27.2 Å². The SMILES string of the molecule is CCC=C(C)C(=O)N1CC(C)OC(C)C1. The normalized spacial score (nSPS) is 28.0. The standard InChI is InChI=1S/C12H21NO2/c1-5-6-9(2)12(14)13-7-10(3)15-11(4)8-13/h6,10-11H,5,7-8H2,1-4H3. The van der Waals surface area contributed by atoms with E-state index in [0.29, 0.717) is 13.1 Å². The number of allylic oxidation sites excluding steroid dienone is 1. The molecule has 1 fully saturated rings. The molecule has 0 saturated carbocycles. The largest absolute Gasteiger partial charge is 0.372 e. The highest BCUT2D eigenvalue weighted by molar-refractivity contribution is 5.92. The molecule has 15 heavy (non-hydrogen) atoms. The number of nitrogens with zero attached hydrogens (tertiary/aromatic N) is 1. The first kappa shape index (κ1) is 12.2. The van der Waals surface area contributed by atoms with Gasteiger partial charge in [0.05, 0.1) is 12.2 Å². The summed E-state index contributed by atoms with van der Waals surface area (Å²) in [5, 5.41) is 0. The molecular weight excluding hydrogens is 190 g/mol. The quantitative estimate of drug-likeness (QED) is 0.654. The Morgan fingerprint density at radius 1 is 1.40 bits per heavy atom. The Morgan fingerprint density at radius 3 is 2.40 bits per heavy atom. The highest BCUT2D eigenvalue weighted by atomic mass is 16.5. The van der Waals surface area contributed by atoms with Crippen LogP contribution in [-0.2, 0) is 9.53 Å². The molecule has 1 aliphatic rings. The van der Waals surface area contributed by atoms with Gasteiger partial charge < -0.3 is 9.64 Å². The van der Waals surface area contributed by atoms with E-state index < -0.39 is 0 Å². The summed E-state index contributed by atoms with van der Waals surface area (Å²) >= 11 is 0. The van der Waals surface area contributed by atoms with E-state index in [4.69, 9.17) is 4.74 Å². The van der Waals surface area contributed by atoms with Crippen molar-refractivity contribution < 1.29 is 9.53 Å². The van der Waals surface area contributed by atoms with Crippen LogP contribution in [0, 0.1) is 0 Å². The van der Waals surface area contributed by atoms with Crippen LogP contribution < -0.4 is 0 Å². The van der Waals surface area contributed by atoms with Crippen LogP contribution in [0.2, 0.25) is 0 Å². The minimum atomic E-state index is 0.145. The summed E-state index contributed by atoms with van der Waals surface area (Å²) < 4.78 is 5.59. The molecule has 1 saturated heterocycles. The average Bonchev–Trinajstić information content (AvgIpc) is 2.15. The van der Waals surface area contributed by atoms with Crippen molar-refractivity contribution in [3.63, 3.8) is 0 Å². The number of hydrogen-bond donors (Lipinski definition) is 0. The number of carbonyl (C=O) groups is 1. The molecule has 0 bridgehead atoms. The lowest BCUT2D eigenvalue weighted by Gasteiger charge is -2.35. The fourth-order valence-electron chi connectivity index (χ4n) is 1.99. The molecule has 3 nitrogen and oxygen atoms in total. The lowest BCUT2D eigenvalue weighted by atomic mass is 10.1. The lowest BCUT2D eigenvalue weighted by Crippen LogP contribution is -2.48. The van der Waals surface area contributed by atoms with Crippen LogP contribution in [0.25, 0.3) is 0 Å². The molecule has 0 aromatic heterocycles. The second kappa shape index (κ2) is 5.31. The zero-order valence-corrected chi connectivity index (χ0v) is 10.1. The van der Waals surface area contributed by atoms with E-state index in [1.807, 2.05) is 38.7 Å². The van der Waals surface area contributed by atoms with Crippen molar-refractivity contribution in [2.45, 2.75) is 46.3 Å². The molecule has 0 N–H and O–H groups in total. The molecule has 2 atom stereocenters. The van der Waals surface area contributed by atoms with Crippen molar-refractivity contribution in [1.82, 2.24) is 4.90 Å². The van der Waals surface area contributed by atoms with Crippen LogP contribution in [0.3, 0.4) is 0 Å². The van der Waals surface area contributed by atoms with E-state index in [0.717, 1.165) is 12.0 Å². The molecule has 1 rings (SSSR count). The number of morpholine rings is 1. The van der Waals surface area contributed by atoms with E-state index in [2.05, 4.69) is 0 Å². The summed E-state index contributed by atoms with van der Waals surface area (Å²) in [4.78, 5) is 13.9. The topological polar surface area (TPSA) is 29.5 Å². The molecule has 3 heteroatoms. The van der Waals surface area contributed by atoms with Gasteiger partial charge >= 0.3 is 0 Å². The van der Waals surface area contributed by atoms with Gasteiger partial charge in [-0.15, -0.1) is 0 Å². The summed E-state index contributed by atoms with van der Waals surface area (Å²) in [6.07, 6.45) is 3.18. The molecule has 2 unspecified atom stereocenters. The van der Waals surface area contributed by atoms with Crippen LogP contribution in [0.5, 0.6) is 0 Å². The Bertz CT molecular complexity index is 250. The molecule has 0 aromatic rings. The number of hydrogen-bond acceptors (Lipinski definition) is 2. The van der Waals surface area contributed by atoms with E-state index >= 15 is 0 Å². The Balaban J connectivity index is 2.63. The molecule has 1 amide bonds. The summed E-state index contributed by atoms with van der Waals surface area (Å²) in [6.45, 7) is 9.36. The molecule has 86 valence electrons. The average molecular weight is 211 g/mol. The minimum Gasteiger partial charge on any atom is -0.372 e. The summed E-state index contributed by atoms with van der Waals surface area (Å²) in [7, 11) is 0. The van der Waals surface area contributed by atoms with E-state index in [1.165, 1.54) is 0 Å². The van der Waals surface area contributed by atoms with Crippen LogP contribution in [0.1, 0.15) is 34.1 Å². The zero-order valence-electron chi connectivity index (χ0n) is 10.1. The predicted molar refractivity (Wildman–Crippen MR) is 60.6 cm³/mol. The summed E-state index contributed by atoms with van der Waals surface area (Å²) in [6, 6.07) is 0. The summed E-state index contributed by atoms with van der Waals surface area (Å²) in [5.74, 6) is 0.152. The minimum absolute atomic E-state index is 0.145. The highest BCUT2D eigenvalue weighted by Gasteiger charge is 2.26. The second-order valence-corrected chi connectivity index (χ2v) is 4.26. The van der Waals surface area contributed by atoms with Crippen molar-refractivity contribution in [1.29, 1.82) is 0 Å². The third-order valence-corrected chi connectivity index (χ3v) is 2.55. The van der Waals surface area contributed by atoms with Crippen LogP contribution >= 0.6 is 0 Å². The zero-order chi connectivity index (χ0) is 11.4. The fraction of sp³-hybridized carbons (Fsp3) is 0.750. The number of carbonyl (C=O) groups excluding carboxylic acids is 1. The van der Waals surface area contributed by atoms with Gasteiger partial charge in [0, 0.05) is 18.7 Å². The fourth-order valence-corrected chi connectivity index (χ4v) is 1.99. The molecule has 1 aliphatic heterocycles. The maximum atomic E-state index is 12.0. The number of rotatable bonds is 2. The molecule has 1 heterocycles. The Kier molecular flexibility index (Phi) is 4.33.